The Morgan fingerprint density at radius 1 is 1.35 bits per heavy atom. The molecule has 3 amide bonds. The number of nitro groups is 1. The van der Waals surface area contributed by atoms with Gasteiger partial charge in [0.15, 0.2) is 5.75 Å². The predicted molar refractivity (Wildman–Crippen MR) is 69.7 cm³/mol. The minimum absolute atomic E-state index is 0.0159. The topological polar surface area (TPSA) is 102 Å². The average molecular weight is 279 g/mol. The van der Waals surface area contributed by atoms with Gasteiger partial charge in [0.05, 0.1) is 17.7 Å². The zero-order chi connectivity index (χ0) is 15.1. The monoisotopic (exact) mass is 279 g/mol. The predicted octanol–water partition coefficient (Wildman–Crippen LogP) is 1.44. The number of hydrogen-bond donors (Lipinski definition) is 1. The second kappa shape index (κ2) is 4.48. The third kappa shape index (κ3) is 2.04. The van der Waals surface area contributed by atoms with Crippen molar-refractivity contribution < 1.29 is 19.2 Å². The van der Waals surface area contributed by atoms with Crippen molar-refractivity contribution in [2.75, 3.05) is 12.0 Å². The highest BCUT2D eigenvalue weighted by Gasteiger charge is 2.45. The number of amides is 3. The number of hydrogen-bond acceptors (Lipinski definition) is 5. The Hall–Kier alpha value is -2.64. The highest BCUT2D eigenvalue weighted by Crippen LogP contribution is 2.33. The Labute approximate surface area is 114 Å². The van der Waals surface area contributed by atoms with Crippen LogP contribution in [-0.2, 0) is 4.79 Å². The lowest BCUT2D eigenvalue weighted by molar-refractivity contribution is -0.385. The van der Waals surface area contributed by atoms with Gasteiger partial charge in [0, 0.05) is 12.1 Å². The fraction of sp³-hybridized carbons (Fsp3) is 0.333. The molecule has 0 atom stereocenters. The molecular weight excluding hydrogens is 266 g/mol. The Kier molecular flexibility index (Phi) is 3.09. The maximum absolute atomic E-state index is 12.1. The zero-order valence-corrected chi connectivity index (χ0v) is 11.2. The highest BCUT2D eigenvalue weighted by atomic mass is 16.6. The van der Waals surface area contributed by atoms with Crippen molar-refractivity contribution in [3.8, 4) is 5.75 Å². The molecule has 1 fully saturated rings. The van der Waals surface area contributed by atoms with E-state index in [4.69, 9.17) is 4.74 Å². The van der Waals surface area contributed by atoms with Crippen LogP contribution in [0.3, 0.4) is 0 Å². The summed E-state index contributed by atoms with van der Waals surface area (Å²) in [6.07, 6.45) is 0. The highest BCUT2D eigenvalue weighted by molar-refractivity contribution is 6.23. The standard InChI is InChI=1S/C12H13N3O5/c1-12(2)10(16)14(11(17)13-12)7-4-5-8(15(18)19)9(6-7)20-3/h4-6H,1-3H3,(H,13,17). The Morgan fingerprint density at radius 3 is 2.45 bits per heavy atom. The quantitative estimate of drug-likeness (QED) is 0.512. The second-order valence-corrected chi connectivity index (χ2v) is 4.81. The first-order valence-corrected chi connectivity index (χ1v) is 5.77. The van der Waals surface area contributed by atoms with Gasteiger partial charge in [-0.2, -0.15) is 0 Å². The molecule has 8 nitrogen and oxygen atoms in total. The molecule has 20 heavy (non-hydrogen) atoms. The van der Waals surface area contributed by atoms with Crippen LogP contribution < -0.4 is 15.0 Å². The molecule has 106 valence electrons. The first-order chi connectivity index (χ1) is 9.27. The number of anilines is 1. The first-order valence-electron chi connectivity index (χ1n) is 5.77. The number of carbonyl (C=O) groups excluding carboxylic acids is 2. The van der Waals surface area contributed by atoms with E-state index in [-0.39, 0.29) is 17.1 Å². The van der Waals surface area contributed by atoms with Gasteiger partial charge in [0.25, 0.3) is 5.91 Å². The number of ether oxygens (including phenoxy) is 1. The van der Waals surface area contributed by atoms with Crippen LogP contribution in [0.15, 0.2) is 18.2 Å². The summed E-state index contributed by atoms with van der Waals surface area (Å²) in [5.74, 6) is -0.448. The lowest BCUT2D eigenvalue weighted by atomic mass is 10.1. The summed E-state index contributed by atoms with van der Waals surface area (Å²) in [7, 11) is 1.28. The number of nitrogens with one attached hydrogen (secondary N) is 1. The van der Waals surface area contributed by atoms with E-state index in [9.17, 15) is 19.7 Å². The molecule has 0 unspecified atom stereocenters. The third-order valence-electron chi connectivity index (χ3n) is 2.98. The number of rotatable bonds is 3. The maximum atomic E-state index is 12.1. The van der Waals surface area contributed by atoms with Gasteiger partial charge in [0.2, 0.25) is 0 Å². The van der Waals surface area contributed by atoms with Gasteiger partial charge in [-0.25, -0.2) is 9.69 Å². The van der Waals surface area contributed by atoms with E-state index in [0.29, 0.717) is 0 Å². The van der Waals surface area contributed by atoms with Crippen LogP contribution >= 0.6 is 0 Å². The Morgan fingerprint density at radius 2 is 2.00 bits per heavy atom. The number of nitro benzene ring substituents is 1. The molecule has 0 bridgehead atoms. The van der Waals surface area contributed by atoms with Gasteiger partial charge in [-0.1, -0.05) is 0 Å². The number of benzene rings is 1. The summed E-state index contributed by atoms with van der Waals surface area (Å²) in [4.78, 5) is 35.1. The molecule has 1 aromatic carbocycles. The third-order valence-corrected chi connectivity index (χ3v) is 2.98. The number of imide groups is 1. The number of urea groups is 1. The normalized spacial score (nSPS) is 17.1. The largest absolute Gasteiger partial charge is 0.490 e. The summed E-state index contributed by atoms with van der Waals surface area (Å²) in [5.41, 5.74) is -1.02. The zero-order valence-electron chi connectivity index (χ0n) is 11.2. The molecule has 8 heteroatoms. The van der Waals surface area contributed by atoms with Crippen molar-refractivity contribution in [2.45, 2.75) is 19.4 Å². The van der Waals surface area contributed by atoms with Crippen molar-refractivity contribution >= 4 is 23.3 Å². The molecule has 0 spiro atoms. The Bertz CT molecular complexity index is 611. The molecule has 1 saturated heterocycles. The van der Waals surface area contributed by atoms with Crippen LogP contribution in [0.4, 0.5) is 16.2 Å². The lowest BCUT2D eigenvalue weighted by Gasteiger charge is -2.16. The first kappa shape index (κ1) is 13.8. The van der Waals surface area contributed by atoms with Crippen LogP contribution in [0, 0.1) is 10.1 Å². The van der Waals surface area contributed by atoms with Crippen LogP contribution in [-0.4, -0.2) is 29.5 Å². The summed E-state index contributed by atoms with van der Waals surface area (Å²) in [5, 5.41) is 13.3. The average Bonchev–Trinajstić information content (AvgIpc) is 2.57. The number of carbonyl (C=O) groups is 2. The van der Waals surface area contributed by atoms with E-state index in [0.717, 1.165) is 4.90 Å². The number of methoxy groups -OCH3 is 1. The van der Waals surface area contributed by atoms with Crippen LogP contribution in [0.25, 0.3) is 0 Å². The van der Waals surface area contributed by atoms with Gasteiger partial charge >= 0.3 is 11.7 Å². The van der Waals surface area contributed by atoms with E-state index < -0.39 is 22.4 Å². The molecule has 0 aromatic heterocycles. The van der Waals surface area contributed by atoms with Crippen molar-refractivity contribution in [3.05, 3.63) is 28.3 Å². The molecular formula is C12H13N3O5. The summed E-state index contributed by atoms with van der Waals surface area (Å²) in [6, 6.07) is 3.24. The minimum atomic E-state index is -1.01. The fourth-order valence-corrected chi connectivity index (χ4v) is 1.94. The fourth-order valence-electron chi connectivity index (χ4n) is 1.94. The van der Waals surface area contributed by atoms with Crippen LogP contribution in [0.1, 0.15) is 13.8 Å². The SMILES string of the molecule is COc1cc(N2C(=O)NC(C)(C)C2=O)ccc1[N+](=O)[O-]. The van der Waals surface area contributed by atoms with Gasteiger partial charge < -0.3 is 10.1 Å². The van der Waals surface area contributed by atoms with Crippen molar-refractivity contribution in [3.63, 3.8) is 0 Å². The molecule has 1 aromatic rings. The molecule has 1 N–H and O–H groups in total. The van der Waals surface area contributed by atoms with Crippen LogP contribution in [0.2, 0.25) is 0 Å². The maximum Gasteiger partial charge on any atom is 0.329 e. The molecule has 2 rings (SSSR count). The lowest BCUT2D eigenvalue weighted by Crippen LogP contribution is -2.40. The number of nitrogens with zero attached hydrogens (tertiary/aromatic N) is 2. The van der Waals surface area contributed by atoms with E-state index in [2.05, 4.69) is 5.32 Å². The summed E-state index contributed by atoms with van der Waals surface area (Å²) >= 11 is 0. The second-order valence-electron chi connectivity index (χ2n) is 4.81. The molecule has 0 aliphatic carbocycles. The Balaban J connectivity index is 2.47. The minimum Gasteiger partial charge on any atom is -0.490 e. The molecule has 1 aliphatic rings. The van der Waals surface area contributed by atoms with Gasteiger partial charge in [-0.15, -0.1) is 0 Å². The molecule has 0 saturated carbocycles. The van der Waals surface area contributed by atoms with Gasteiger partial charge in [0.1, 0.15) is 5.54 Å². The van der Waals surface area contributed by atoms with E-state index >= 15 is 0 Å². The molecule has 1 aliphatic heterocycles. The summed E-state index contributed by atoms with van der Waals surface area (Å²) < 4.78 is 4.92. The van der Waals surface area contributed by atoms with Crippen molar-refractivity contribution in [2.24, 2.45) is 0 Å². The smallest absolute Gasteiger partial charge is 0.329 e. The van der Waals surface area contributed by atoms with Crippen molar-refractivity contribution in [1.82, 2.24) is 5.32 Å². The van der Waals surface area contributed by atoms with Crippen molar-refractivity contribution in [1.29, 1.82) is 0 Å². The van der Waals surface area contributed by atoms with E-state index in [1.165, 1.54) is 25.3 Å². The van der Waals surface area contributed by atoms with E-state index in [1.807, 2.05) is 0 Å². The van der Waals surface area contributed by atoms with Gasteiger partial charge in [-0.05, 0) is 19.9 Å². The summed E-state index contributed by atoms with van der Waals surface area (Å²) in [6.45, 7) is 3.16. The van der Waals surface area contributed by atoms with E-state index in [1.54, 1.807) is 13.8 Å². The molecule has 0 radical (unpaired) electrons. The van der Waals surface area contributed by atoms with Gasteiger partial charge in [-0.3, -0.25) is 14.9 Å². The van der Waals surface area contributed by atoms with Crippen LogP contribution in [0.5, 0.6) is 5.75 Å². The molecule has 1 heterocycles.